The van der Waals surface area contributed by atoms with Gasteiger partial charge in [0.15, 0.2) is 0 Å². The second-order valence-corrected chi connectivity index (χ2v) is 5.96. The van der Waals surface area contributed by atoms with Gasteiger partial charge < -0.3 is 20.7 Å². The van der Waals surface area contributed by atoms with E-state index in [1.54, 1.807) is 20.8 Å². The Morgan fingerprint density at radius 2 is 1.68 bits per heavy atom. The lowest BCUT2D eigenvalue weighted by Crippen LogP contribution is -2.42. The summed E-state index contributed by atoms with van der Waals surface area (Å²) in [6.07, 6.45) is -0.493. The molecule has 0 heterocycles. The average Bonchev–Trinajstić information content (AvgIpc) is 2.42. The fourth-order valence-corrected chi connectivity index (χ4v) is 1.73. The zero-order valence-corrected chi connectivity index (χ0v) is 13.6. The molecule has 0 aliphatic heterocycles. The van der Waals surface area contributed by atoms with Crippen LogP contribution in [0.25, 0.3) is 0 Å². The molecule has 6 heteroatoms. The van der Waals surface area contributed by atoms with Crippen molar-refractivity contribution in [3.8, 4) is 0 Å². The Kier molecular flexibility index (Phi) is 6.69. The van der Waals surface area contributed by atoms with Crippen molar-refractivity contribution in [1.82, 2.24) is 16.0 Å². The first-order chi connectivity index (χ1) is 10.3. The number of urea groups is 1. The molecule has 6 nitrogen and oxygen atoms in total. The molecule has 0 saturated carbocycles. The molecular weight excluding hydrogens is 282 g/mol. The topological polar surface area (TPSA) is 79.5 Å². The Labute approximate surface area is 131 Å². The Morgan fingerprint density at radius 3 is 2.27 bits per heavy atom. The van der Waals surface area contributed by atoms with Crippen LogP contribution in [0, 0.1) is 0 Å². The van der Waals surface area contributed by atoms with Crippen LogP contribution in [-0.4, -0.2) is 30.8 Å². The Morgan fingerprint density at radius 1 is 1.09 bits per heavy atom. The molecule has 3 N–H and O–H groups in total. The molecule has 0 spiro atoms. The van der Waals surface area contributed by atoms with E-state index in [4.69, 9.17) is 4.74 Å². The summed E-state index contributed by atoms with van der Waals surface area (Å²) in [6.45, 7) is 7.93. The van der Waals surface area contributed by atoms with Crippen LogP contribution in [0.4, 0.5) is 9.59 Å². The van der Waals surface area contributed by atoms with Crippen LogP contribution in [0.15, 0.2) is 30.3 Å². The van der Waals surface area contributed by atoms with E-state index in [-0.39, 0.29) is 12.1 Å². The van der Waals surface area contributed by atoms with Gasteiger partial charge in [0.25, 0.3) is 0 Å². The minimum atomic E-state index is -0.528. The maximum Gasteiger partial charge on any atom is 0.407 e. The predicted octanol–water partition coefficient (Wildman–Crippen LogP) is 2.57. The van der Waals surface area contributed by atoms with E-state index in [0.717, 1.165) is 5.56 Å². The molecule has 1 aromatic carbocycles. The van der Waals surface area contributed by atoms with Gasteiger partial charge in [0.2, 0.25) is 0 Å². The van der Waals surface area contributed by atoms with Crippen LogP contribution in [0.2, 0.25) is 0 Å². The zero-order chi connectivity index (χ0) is 16.6. The van der Waals surface area contributed by atoms with E-state index in [2.05, 4.69) is 16.0 Å². The van der Waals surface area contributed by atoms with Crippen molar-refractivity contribution in [2.24, 2.45) is 0 Å². The lowest BCUT2D eigenvalue weighted by atomic mass is 10.1. The van der Waals surface area contributed by atoms with Gasteiger partial charge in [-0.25, -0.2) is 9.59 Å². The van der Waals surface area contributed by atoms with Crippen molar-refractivity contribution in [2.45, 2.75) is 39.3 Å². The summed E-state index contributed by atoms with van der Waals surface area (Å²) in [4.78, 5) is 23.1. The summed E-state index contributed by atoms with van der Waals surface area (Å²) < 4.78 is 5.09. The van der Waals surface area contributed by atoms with Gasteiger partial charge >= 0.3 is 12.1 Å². The molecule has 1 rings (SSSR count). The number of hydrogen-bond donors (Lipinski definition) is 3. The first-order valence-electron chi connectivity index (χ1n) is 7.34. The van der Waals surface area contributed by atoms with Crippen molar-refractivity contribution >= 4 is 12.1 Å². The van der Waals surface area contributed by atoms with Crippen molar-refractivity contribution in [3.05, 3.63) is 35.9 Å². The molecule has 0 aromatic heterocycles. The van der Waals surface area contributed by atoms with Gasteiger partial charge in [0, 0.05) is 13.1 Å². The highest BCUT2D eigenvalue weighted by Gasteiger charge is 2.15. The average molecular weight is 307 g/mol. The van der Waals surface area contributed by atoms with Crippen molar-refractivity contribution in [3.63, 3.8) is 0 Å². The first-order valence-corrected chi connectivity index (χ1v) is 7.34. The monoisotopic (exact) mass is 307 g/mol. The fourth-order valence-electron chi connectivity index (χ4n) is 1.73. The second-order valence-electron chi connectivity index (χ2n) is 5.96. The van der Waals surface area contributed by atoms with Crippen molar-refractivity contribution in [1.29, 1.82) is 0 Å². The highest BCUT2D eigenvalue weighted by Crippen LogP contribution is 2.10. The van der Waals surface area contributed by atoms with Gasteiger partial charge in [0.05, 0.1) is 6.04 Å². The smallest absolute Gasteiger partial charge is 0.407 e. The third kappa shape index (κ3) is 7.52. The molecule has 1 aromatic rings. The number of benzene rings is 1. The van der Waals surface area contributed by atoms with Crippen LogP contribution in [-0.2, 0) is 4.74 Å². The number of carbonyl (C=O) groups is 2. The minimum Gasteiger partial charge on any atom is -0.444 e. The number of ether oxygens (including phenoxy) is 1. The number of hydrogen-bond acceptors (Lipinski definition) is 3. The van der Waals surface area contributed by atoms with E-state index in [1.165, 1.54) is 0 Å². The molecule has 0 aliphatic rings. The summed E-state index contributed by atoms with van der Waals surface area (Å²) >= 11 is 0. The highest BCUT2D eigenvalue weighted by atomic mass is 16.6. The molecule has 0 bridgehead atoms. The minimum absolute atomic E-state index is 0.0833. The Bertz CT molecular complexity index is 483. The molecule has 0 radical (unpaired) electrons. The first kappa shape index (κ1) is 17.8. The molecule has 122 valence electrons. The number of rotatable bonds is 5. The van der Waals surface area contributed by atoms with Gasteiger partial charge in [0.1, 0.15) is 5.60 Å². The largest absolute Gasteiger partial charge is 0.444 e. The van der Waals surface area contributed by atoms with Gasteiger partial charge in [-0.05, 0) is 33.3 Å². The maximum absolute atomic E-state index is 11.7. The number of amides is 3. The summed E-state index contributed by atoms with van der Waals surface area (Å²) in [7, 11) is 0. The van der Waals surface area contributed by atoms with Crippen molar-refractivity contribution in [2.75, 3.05) is 13.1 Å². The van der Waals surface area contributed by atoms with Gasteiger partial charge in [-0.2, -0.15) is 0 Å². The maximum atomic E-state index is 11.7. The molecule has 1 atom stereocenters. The van der Waals surface area contributed by atoms with Crippen LogP contribution < -0.4 is 16.0 Å². The van der Waals surface area contributed by atoms with E-state index < -0.39 is 11.7 Å². The summed E-state index contributed by atoms with van der Waals surface area (Å²) in [6, 6.07) is 9.33. The summed E-state index contributed by atoms with van der Waals surface area (Å²) in [5.74, 6) is 0. The predicted molar refractivity (Wildman–Crippen MR) is 85.6 cm³/mol. The van der Waals surface area contributed by atoms with Crippen molar-refractivity contribution < 1.29 is 14.3 Å². The molecular formula is C16H25N3O3. The Balaban J connectivity index is 2.20. The summed E-state index contributed by atoms with van der Waals surface area (Å²) in [5.41, 5.74) is 0.504. The van der Waals surface area contributed by atoms with Crippen LogP contribution in [0.3, 0.4) is 0 Å². The third-order valence-electron chi connectivity index (χ3n) is 2.73. The van der Waals surface area contributed by atoms with Crippen LogP contribution in [0.5, 0.6) is 0 Å². The van der Waals surface area contributed by atoms with E-state index in [9.17, 15) is 9.59 Å². The molecule has 0 fully saturated rings. The number of alkyl carbamates (subject to hydrolysis) is 1. The number of carbonyl (C=O) groups excluding carboxylic acids is 2. The number of nitrogens with one attached hydrogen (secondary N) is 3. The van der Waals surface area contributed by atoms with Gasteiger partial charge in [-0.3, -0.25) is 0 Å². The van der Waals surface area contributed by atoms with E-state index in [1.807, 2.05) is 37.3 Å². The SMILES string of the molecule is CC(NC(=O)NCCNC(=O)OC(C)(C)C)c1ccccc1. The Hall–Kier alpha value is -2.24. The fraction of sp³-hybridized carbons (Fsp3) is 0.500. The lowest BCUT2D eigenvalue weighted by molar-refractivity contribution is 0.0528. The van der Waals surface area contributed by atoms with E-state index >= 15 is 0 Å². The molecule has 22 heavy (non-hydrogen) atoms. The van der Waals surface area contributed by atoms with Crippen LogP contribution in [0.1, 0.15) is 39.3 Å². The standard InChI is InChI=1S/C16H25N3O3/c1-12(13-8-6-5-7-9-13)19-14(20)17-10-11-18-15(21)22-16(2,3)4/h5-9,12H,10-11H2,1-4H3,(H,18,21)(H2,17,19,20). The molecule has 0 saturated heterocycles. The third-order valence-corrected chi connectivity index (χ3v) is 2.73. The van der Waals surface area contributed by atoms with Gasteiger partial charge in [-0.1, -0.05) is 30.3 Å². The van der Waals surface area contributed by atoms with Crippen LogP contribution >= 0.6 is 0 Å². The second kappa shape index (κ2) is 8.26. The lowest BCUT2D eigenvalue weighted by Gasteiger charge is -2.20. The molecule has 3 amide bonds. The van der Waals surface area contributed by atoms with Gasteiger partial charge in [-0.15, -0.1) is 0 Å². The normalized spacial score (nSPS) is 12.2. The quantitative estimate of drug-likeness (QED) is 0.731. The highest BCUT2D eigenvalue weighted by molar-refractivity contribution is 5.74. The molecule has 1 unspecified atom stereocenters. The molecule has 0 aliphatic carbocycles. The zero-order valence-electron chi connectivity index (χ0n) is 13.6. The van der Waals surface area contributed by atoms with E-state index in [0.29, 0.717) is 13.1 Å². The summed E-state index contributed by atoms with van der Waals surface area (Å²) in [5, 5.41) is 8.09.